The van der Waals surface area contributed by atoms with Crippen LogP contribution in [0.5, 0.6) is 11.5 Å². The second kappa shape index (κ2) is 4.01. The van der Waals surface area contributed by atoms with E-state index in [0.29, 0.717) is 0 Å². The lowest BCUT2D eigenvalue weighted by molar-refractivity contribution is 0.357. The summed E-state index contributed by atoms with van der Waals surface area (Å²) in [5.41, 5.74) is 0. The van der Waals surface area contributed by atoms with Crippen molar-refractivity contribution in [3.8, 4) is 11.5 Å². The highest BCUT2D eigenvalue weighted by molar-refractivity contribution is 7.86. The van der Waals surface area contributed by atoms with Crippen molar-refractivity contribution in [2.45, 2.75) is 0 Å². The van der Waals surface area contributed by atoms with Gasteiger partial charge in [0.15, 0.2) is 11.6 Å². The molecule has 0 saturated carbocycles. The third-order valence-electron chi connectivity index (χ3n) is 1.45. The van der Waals surface area contributed by atoms with Gasteiger partial charge in [-0.3, -0.25) is 0 Å². The fourth-order valence-corrected chi connectivity index (χ4v) is 1.39. The topological polar surface area (TPSA) is 52.6 Å². The Balaban J connectivity index is 3.32. The zero-order valence-corrected chi connectivity index (χ0v) is 8.77. The van der Waals surface area contributed by atoms with Crippen LogP contribution in [0, 0.1) is 11.6 Å². The average molecular weight is 238 g/mol. The van der Waals surface area contributed by atoms with E-state index in [1.54, 1.807) is 0 Å². The van der Waals surface area contributed by atoms with Crippen LogP contribution in [-0.4, -0.2) is 21.8 Å². The van der Waals surface area contributed by atoms with E-state index < -0.39 is 33.3 Å². The van der Waals surface area contributed by atoms with Crippen LogP contribution in [0.2, 0.25) is 0 Å². The molecule has 0 aliphatic heterocycles. The lowest BCUT2D eigenvalue weighted by atomic mass is 10.3. The van der Waals surface area contributed by atoms with Crippen molar-refractivity contribution >= 4 is 10.1 Å². The van der Waals surface area contributed by atoms with Gasteiger partial charge in [-0.15, -0.1) is 0 Å². The lowest BCUT2D eigenvalue weighted by Gasteiger charge is -2.09. The molecule has 0 amide bonds. The predicted octanol–water partition coefficient (Wildman–Crippen LogP) is 1.31. The van der Waals surface area contributed by atoms with Crippen molar-refractivity contribution in [3.05, 3.63) is 23.8 Å². The Kier molecular flexibility index (Phi) is 3.13. The van der Waals surface area contributed by atoms with Gasteiger partial charge < -0.3 is 8.92 Å². The van der Waals surface area contributed by atoms with E-state index in [2.05, 4.69) is 8.92 Å². The SMILES string of the molecule is COc1c(F)ccc(F)c1OS(C)(=O)=O. The van der Waals surface area contributed by atoms with Crippen molar-refractivity contribution in [2.75, 3.05) is 13.4 Å². The normalized spacial score (nSPS) is 11.2. The average Bonchev–Trinajstić information content (AvgIpc) is 2.10. The minimum absolute atomic E-state index is 0.583. The van der Waals surface area contributed by atoms with Crippen molar-refractivity contribution < 1.29 is 26.1 Å². The van der Waals surface area contributed by atoms with Crippen molar-refractivity contribution in [2.24, 2.45) is 0 Å². The molecule has 84 valence electrons. The summed E-state index contributed by atoms with van der Waals surface area (Å²) in [6.45, 7) is 0. The van der Waals surface area contributed by atoms with Gasteiger partial charge in [-0.25, -0.2) is 8.78 Å². The third-order valence-corrected chi connectivity index (χ3v) is 1.92. The molecule has 0 aliphatic rings. The van der Waals surface area contributed by atoms with E-state index >= 15 is 0 Å². The van der Waals surface area contributed by atoms with Crippen molar-refractivity contribution in [1.29, 1.82) is 0 Å². The van der Waals surface area contributed by atoms with Gasteiger partial charge in [-0.2, -0.15) is 8.42 Å². The second-order valence-electron chi connectivity index (χ2n) is 2.68. The molecule has 7 heteroatoms. The zero-order valence-electron chi connectivity index (χ0n) is 7.95. The molecule has 1 aromatic rings. The van der Waals surface area contributed by atoms with E-state index in [4.69, 9.17) is 0 Å². The van der Waals surface area contributed by atoms with Gasteiger partial charge >= 0.3 is 10.1 Å². The van der Waals surface area contributed by atoms with Crippen LogP contribution in [0.1, 0.15) is 0 Å². The van der Waals surface area contributed by atoms with E-state index in [0.717, 1.165) is 25.5 Å². The summed E-state index contributed by atoms with van der Waals surface area (Å²) in [6, 6.07) is 1.56. The fraction of sp³-hybridized carbons (Fsp3) is 0.250. The lowest BCUT2D eigenvalue weighted by Crippen LogP contribution is -2.09. The molecule has 1 rings (SSSR count). The Hall–Kier alpha value is -1.37. The molecule has 0 saturated heterocycles. The summed E-state index contributed by atoms with van der Waals surface area (Å²) in [5, 5.41) is 0. The van der Waals surface area contributed by atoms with Gasteiger partial charge in [0, 0.05) is 0 Å². The quantitative estimate of drug-likeness (QED) is 0.745. The molecule has 0 aromatic heterocycles. The number of hydrogen-bond donors (Lipinski definition) is 0. The summed E-state index contributed by atoms with van der Waals surface area (Å²) < 4.78 is 56.4. The first kappa shape index (κ1) is 11.7. The summed E-state index contributed by atoms with van der Waals surface area (Å²) in [4.78, 5) is 0. The molecule has 15 heavy (non-hydrogen) atoms. The Morgan fingerprint density at radius 1 is 1.13 bits per heavy atom. The van der Waals surface area contributed by atoms with Crippen LogP contribution in [-0.2, 0) is 10.1 Å². The second-order valence-corrected chi connectivity index (χ2v) is 4.25. The highest BCUT2D eigenvalue weighted by Gasteiger charge is 2.19. The van der Waals surface area contributed by atoms with Crippen LogP contribution < -0.4 is 8.92 Å². The Morgan fingerprint density at radius 3 is 2.00 bits per heavy atom. The number of halogens is 2. The zero-order chi connectivity index (χ0) is 11.6. The summed E-state index contributed by atoms with van der Waals surface area (Å²) in [5.74, 6) is -3.28. The largest absolute Gasteiger partial charge is 0.490 e. The first-order chi connectivity index (χ1) is 6.85. The molecule has 0 spiro atoms. The third kappa shape index (κ3) is 2.79. The molecule has 1 aromatic carbocycles. The molecule has 0 radical (unpaired) electrons. The number of ether oxygens (including phenoxy) is 1. The highest BCUT2D eigenvalue weighted by Crippen LogP contribution is 2.33. The van der Waals surface area contributed by atoms with Gasteiger partial charge in [0.1, 0.15) is 0 Å². The molecular formula is C8H8F2O4S. The molecule has 0 aliphatic carbocycles. The maximum Gasteiger partial charge on any atom is 0.306 e. The van der Waals surface area contributed by atoms with Gasteiger partial charge in [-0.1, -0.05) is 0 Å². The molecule has 0 heterocycles. The van der Waals surface area contributed by atoms with E-state index in [1.807, 2.05) is 0 Å². The van der Waals surface area contributed by atoms with Crippen molar-refractivity contribution in [3.63, 3.8) is 0 Å². The van der Waals surface area contributed by atoms with Gasteiger partial charge in [0.2, 0.25) is 11.5 Å². The van der Waals surface area contributed by atoms with Crippen LogP contribution in [0.3, 0.4) is 0 Å². The number of methoxy groups -OCH3 is 1. The van der Waals surface area contributed by atoms with E-state index in [1.165, 1.54) is 0 Å². The van der Waals surface area contributed by atoms with Crippen LogP contribution >= 0.6 is 0 Å². The summed E-state index contributed by atoms with van der Waals surface area (Å²) in [6.07, 6.45) is 0.719. The first-order valence-corrected chi connectivity index (χ1v) is 5.58. The molecule has 0 N–H and O–H groups in total. The molecule has 0 bridgehead atoms. The van der Waals surface area contributed by atoms with Crippen molar-refractivity contribution in [1.82, 2.24) is 0 Å². The van der Waals surface area contributed by atoms with E-state index in [-0.39, 0.29) is 0 Å². The standard InChI is InChI=1S/C8H8F2O4S/c1-13-7-5(9)3-4-6(10)8(7)14-15(2,11)12/h3-4H,1-2H3. The minimum atomic E-state index is -3.94. The maximum atomic E-state index is 13.1. The number of hydrogen-bond acceptors (Lipinski definition) is 4. The maximum absolute atomic E-state index is 13.1. The Labute approximate surface area is 85.6 Å². The van der Waals surface area contributed by atoms with Crippen LogP contribution in [0.25, 0.3) is 0 Å². The summed E-state index contributed by atoms with van der Waals surface area (Å²) in [7, 11) is -2.86. The summed E-state index contributed by atoms with van der Waals surface area (Å²) >= 11 is 0. The highest BCUT2D eigenvalue weighted by atomic mass is 32.2. The van der Waals surface area contributed by atoms with E-state index in [9.17, 15) is 17.2 Å². The molecule has 0 fully saturated rings. The molecule has 4 nitrogen and oxygen atoms in total. The molecule has 0 unspecified atom stereocenters. The Bertz CT molecular complexity index is 470. The monoisotopic (exact) mass is 238 g/mol. The van der Waals surface area contributed by atoms with Crippen LogP contribution in [0.4, 0.5) is 8.78 Å². The van der Waals surface area contributed by atoms with Crippen LogP contribution in [0.15, 0.2) is 12.1 Å². The number of benzene rings is 1. The van der Waals surface area contributed by atoms with Gasteiger partial charge in [0.25, 0.3) is 0 Å². The first-order valence-electron chi connectivity index (χ1n) is 3.76. The van der Waals surface area contributed by atoms with Gasteiger partial charge in [0.05, 0.1) is 13.4 Å². The molecular weight excluding hydrogens is 230 g/mol. The fourth-order valence-electron chi connectivity index (χ4n) is 0.934. The Morgan fingerprint density at radius 2 is 1.60 bits per heavy atom. The minimum Gasteiger partial charge on any atom is -0.490 e. The predicted molar refractivity (Wildman–Crippen MR) is 48.4 cm³/mol. The smallest absolute Gasteiger partial charge is 0.306 e. The van der Waals surface area contributed by atoms with Gasteiger partial charge in [-0.05, 0) is 12.1 Å². The molecule has 0 atom stereocenters. The number of rotatable bonds is 3.